The lowest BCUT2D eigenvalue weighted by Crippen LogP contribution is -2.45. The Kier molecular flexibility index (Phi) is 7.65. The van der Waals surface area contributed by atoms with Crippen molar-refractivity contribution in [1.29, 1.82) is 0 Å². The molecule has 2 saturated heterocycles. The largest absolute Gasteiger partial charge is 0.377 e. The molecule has 12 heteroatoms. The van der Waals surface area contributed by atoms with Gasteiger partial charge in [-0.1, -0.05) is 29.6 Å². The number of halogens is 1. The summed E-state index contributed by atoms with van der Waals surface area (Å²) in [7, 11) is 3.79. The van der Waals surface area contributed by atoms with Crippen molar-refractivity contribution in [3.05, 3.63) is 74.6 Å². The first-order valence-corrected chi connectivity index (χ1v) is 15.8. The molecule has 3 unspecified atom stereocenters. The zero-order valence-corrected chi connectivity index (χ0v) is 26.0. The maximum absolute atomic E-state index is 13.8. The van der Waals surface area contributed by atoms with Gasteiger partial charge in [0.25, 0.3) is 11.5 Å². The van der Waals surface area contributed by atoms with Crippen LogP contribution in [-0.2, 0) is 14.1 Å². The van der Waals surface area contributed by atoms with Crippen molar-refractivity contribution in [3.63, 3.8) is 0 Å². The van der Waals surface area contributed by atoms with E-state index in [1.165, 1.54) is 17.5 Å². The van der Waals surface area contributed by atoms with E-state index in [0.29, 0.717) is 34.6 Å². The van der Waals surface area contributed by atoms with Gasteiger partial charge in [-0.25, -0.2) is 9.97 Å². The Bertz CT molecular complexity index is 1720. The van der Waals surface area contributed by atoms with E-state index < -0.39 is 0 Å². The number of nitrogens with zero attached hydrogens (tertiary/aromatic N) is 6. The molecule has 220 valence electrons. The van der Waals surface area contributed by atoms with Crippen molar-refractivity contribution in [1.82, 2.24) is 29.0 Å². The minimum atomic E-state index is -0.340. The van der Waals surface area contributed by atoms with Crippen LogP contribution in [0.1, 0.15) is 71.7 Å². The number of aromatic nitrogens is 5. The molecule has 0 saturated carbocycles. The van der Waals surface area contributed by atoms with Crippen molar-refractivity contribution in [2.75, 3.05) is 16.5 Å². The van der Waals surface area contributed by atoms with Gasteiger partial charge in [0, 0.05) is 44.2 Å². The van der Waals surface area contributed by atoms with Gasteiger partial charge in [0.05, 0.1) is 28.8 Å². The van der Waals surface area contributed by atoms with Crippen LogP contribution in [0.5, 0.6) is 0 Å². The molecule has 1 amide bonds. The van der Waals surface area contributed by atoms with E-state index in [9.17, 15) is 9.59 Å². The monoisotopic (exact) mass is 606 g/mol. The summed E-state index contributed by atoms with van der Waals surface area (Å²) in [5, 5.41) is 8.65. The molecule has 6 rings (SSSR count). The van der Waals surface area contributed by atoms with Gasteiger partial charge in [-0.15, -0.1) is 0 Å². The number of rotatable bonds is 7. The summed E-state index contributed by atoms with van der Waals surface area (Å²) in [6.45, 7) is 3.98. The number of anilines is 2. The topological polar surface area (TPSA) is 110 Å². The number of carbonyl (C=O) groups is 1. The Balaban J connectivity index is 1.38. The summed E-state index contributed by atoms with van der Waals surface area (Å²) in [4.78, 5) is 38.4. The fourth-order valence-corrected chi connectivity index (χ4v) is 7.14. The van der Waals surface area contributed by atoms with Crippen LogP contribution in [0.25, 0.3) is 10.9 Å². The Hall–Kier alpha value is -3.57. The molecule has 2 N–H and O–H groups in total. The van der Waals surface area contributed by atoms with Crippen LogP contribution in [0, 0.1) is 6.92 Å². The van der Waals surface area contributed by atoms with Crippen LogP contribution in [0.2, 0.25) is 5.15 Å². The van der Waals surface area contributed by atoms with Gasteiger partial charge < -0.3 is 10.2 Å². The average Bonchev–Trinajstić information content (AvgIpc) is 3.50. The van der Waals surface area contributed by atoms with E-state index in [4.69, 9.17) is 16.6 Å². The van der Waals surface area contributed by atoms with Gasteiger partial charge in [-0.3, -0.25) is 23.6 Å². The summed E-state index contributed by atoms with van der Waals surface area (Å²) < 4.78 is 6.30. The van der Waals surface area contributed by atoms with Crippen LogP contribution in [0.15, 0.2) is 41.5 Å². The Labute approximate surface area is 254 Å². The first-order chi connectivity index (χ1) is 20.1. The molecule has 0 radical (unpaired) electrons. The molecule has 2 bridgehead atoms. The smallest absolute Gasteiger partial charge is 0.281 e. The first kappa shape index (κ1) is 28.5. The summed E-state index contributed by atoms with van der Waals surface area (Å²) in [6.07, 6.45) is 10.1. The predicted molar refractivity (Wildman–Crippen MR) is 168 cm³/mol. The number of hydrogen-bond donors (Lipinski definition) is 2. The Morgan fingerprint density at radius 1 is 1.14 bits per heavy atom. The molecule has 1 aromatic carbocycles. The maximum Gasteiger partial charge on any atom is 0.281 e. The number of amides is 1. The summed E-state index contributed by atoms with van der Waals surface area (Å²) >= 11 is 7.32. The molecule has 4 atom stereocenters. The van der Waals surface area contributed by atoms with E-state index in [1.54, 1.807) is 23.0 Å². The zero-order chi connectivity index (χ0) is 29.7. The lowest BCUT2D eigenvalue weighted by molar-refractivity contribution is 0.0980. The van der Waals surface area contributed by atoms with E-state index in [-0.39, 0.29) is 28.4 Å². The standard InChI is InChI=1S/C30H35ClN8O2S/c1-16-10-22(17(2)33-24-8-9-25(31)34-27(24)28(40)36-42-5)26-23(11-16)29(41)38(4)30(35-26)39-20-6-7-21(39)13-18(12-20)19-14-32-37(3)15-19/h8-11,14-15,17-18,20-21,33H,6-7,12-13H2,1-5H3,(H,36,40)/t17?,18?,20-,21?/m0/s1. The SMILES string of the molecule is CSNC(=O)c1nc(Cl)ccc1NC(C)c1cc(C)cc2c(=O)n(C)c(N3C4CC[C@H]3CC(c3cnn(C)c3)C4)nc12. The molecular weight excluding hydrogens is 572 g/mol. The molecule has 0 spiro atoms. The minimum absolute atomic E-state index is 0.0610. The van der Waals surface area contributed by atoms with Gasteiger partial charge in [0.15, 0.2) is 5.69 Å². The normalized spacial score (nSPS) is 20.6. The predicted octanol–water partition coefficient (Wildman–Crippen LogP) is 5.12. The molecule has 3 aromatic heterocycles. The third-order valence-corrected chi connectivity index (χ3v) is 9.20. The van der Waals surface area contributed by atoms with Crippen molar-refractivity contribution in [2.45, 2.75) is 63.6 Å². The summed E-state index contributed by atoms with van der Waals surface area (Å²) in [5.74, 6) is 0.834. The number of fused-ring (bicyclic) bond motifs is 3. The molecule has 2 aliphatic rings. The number of nitrogens with one attached hydrogen (secondary N) is 2. The molecule has 2 fully saturated rings. The highest BCUT2D eigenvalue weighted by atomic mass is 35.5. The number of aryl methyl sites for hydroxylation is 2. The van der Waals surface area contributed by atoms with Gasteiger partial charge in [0.1, 0.15) is 5.15 Å². The van der Waals surface area contributed by atoms with Crippen molar-refractivity contribution in [2.24, 2.45) is 14.1 Å². The number of hydrogen-bond acceptors (Lipinski definition) is 8. The maximum atomic E-state index is 13.8. The van der Waals surface area contributed by atoms with Crippen LogP contribution < -0.4 is 20.5 Å². The molecule has 4 aromatic rings. The highest BCUT2D eigenvalue weighted by Crippen LogP contribution is 2.44. The number of benzene rings is 1. The molecule has 10 nitrogen and oxygen atoms in total. The van der Waals surface area contributed by atoms with Gasteiger partial charge in [-0.2, -0.15) is 5.10 Å². The number of piperidine rings is 1. The Morgan fingerprint density at radius 3 is 2.55 bits per heavy atom. The highest BCUT2D eigenvalue weighted by Gasteiger charge is 2.43. The van der Waals surface area contributed by atoms with E-state index >= 15 is 0 Å². The van der Waals surface area contributed by atoms with Gasteiger partial charge >= 0.3 is 0 Å². The second kappa shape index (κ2) is 11.3. The third kappa shape index (κ3) is 5.13. The number of carbonyl (C=O) groups excluding carboxylic acids is 1. The quantitative estimate of drug-likeness (QED) is 0.220. The number of pyridine rings is 1. The second-order valence-corrected chi connectivity index (χ2v) is 12.5. The lowest BCUT2D eigenvalue weighted by Gasteiger charge is -2.40. The van der Waals surface area contributed by atoms with Gasteiger partial charge in [0.2, 0.25) is 5.95 Å². The molecule has 5 heterocycles. The van der Waals surface area contributed by atoms with Crippen molar-refractivity contribution < 1.29 is 4.79 Å². The summed E-state index contributed by atoms with van der Waals surface area (Å²) in [6, 6.07) is 7.72. The first-order valence-electron chi connectivity index (χ1n) is 14.2. The zero-order valence-electron chi connectivity index (χ0n) is 24.4. The van der Waals surface area contributed by atoms with Crippen LogP contribution in [-0.4, -0.2) is 48.6 Å². The van der Waals surface area contributed by atoms with E-state index in [0.717, 1.165) is 42.8 Å². The van der Waals surface area contributed by atoms with Crippen LogP contribution >= 0.6 is 23.5 Å². The fourth-order valence-electron chi connectivity index (χ4n) is 6.71. The fraction of sp³-hybridized carbons (Fsp3) is 0.433. The molecule has 42 heavy (non-hydrogen) atoms. The second-order valence-electron chi connectivity index (χ2n) is 11.5. The third-order valence-electron chi connectivity index (χ3n) is 8.60. The molecule has 2 aliphatic heterocycles. The van der Waals surface area contributed by atoms with Gasteiger partial charge in [-0.05, 0) is 74.8 Å². The average molecular weight is 607 g/mol. The van der Waals surface area contributed by atoms with Crippen LogP contribution in [0.3, 0.4) is 0 Å². The van der Waals surface area contributed by atoms with Crippen molar-refractivity contribution in [3.8, 4) is 0 Å². The molecular formula is C30H35ClN8O2S. The highest BCUT2D eigenvalue weighted by molar-refractivity contribution is 7.97. The minimum Gasteiger partial charge on any atom is -0.377 e. The lowest BCUT2D eigenvalue weighted by atomic mass is 9.87. The Morgan fingerprint density at radius 2 is 1.88 bits per heavy atom. The molecule has 0 aliphatic carbocycles. The van der Waals surface area contributed by atoms with Crippen molar-refractivity contribution >= 4 is 52.0 Å². The van der Waals surface area contributed by atoms with E-state index in [2.05, 4.69) is 37.3 Å². The summed E-state index contributed by atoms with van der Waals surface area (Å²) in [5.41, 5.74) is 4.50. The van der Waals surface area contributed by atoms with Crippen LogP contribution in [0.4, 0.5) is 11.6 Å². The van der Waals surface area contributed by atoms with E-state index in [1.807, 2.05) is 44.9 Å².